The Balaban J connectivity index is 2.19. The lowest BCUT2D eigenvalue weighted by Gasteiger charge is -2.09. The molecule has 1 N–H and O–H groups in total. The number of sulfone groups is 1. The zero-order valence-corrected chi connectivity index (χ0v) is 15.2. The summed E-state index contributed by atoms with van der Waals surface area (Å²) in [5.74, 6) is -1.05. The molecule has 7 heteroatoms. The molecule has 0 fully saturated rings. The van der Waals surface area contributed by atoms with Crippen LogP contribution in [0.5, 0.6) is 0 Å². The molecule has 24 heavy (non-hydrogen) atoms. The molecule has 1 amide bonds. The molecular weight excluding hydrogens is 326 g/mol. The fourth-order valence-corrected chi connectivity index (χ4v) is 4.19. The maximum atomic E-state index is 12.1. The van der Waals surface area contributed by atoms with Crippen LogP contribution in [0.1, 0.15) is 25.2 Å². The number of para-hydroxylation sites is 1. The molecule has 2 rings (SSSR count). The molecule has 1 heterocycles. The zero-order chi connectivity index (χ0) is 17.9. The molecule has 2 aromatic rings. The van der Waals surface area contributed by atoms with E-state index in [2.05, 4.69) is 10.4 Å². The Labute approximate surface area is 142 Å². The van der Waals surface area contributed by atoms with Gasteiger partial charge in [-0.15, -0.1) is 0 Å². The first-order valence-electron chi connectivity index (χ1n) is 7.81. The molecule has 0 unspecified atom stereocenters. The summed E-state index contributed by atoms with van der Waals surface area (Å²) in [5.41, 5.74) is 2.84. The Kier molecular flexibility index (Phi) is 5.43. The highest BCUT2D eigenvalue weighted by Crippen LogP contribution is 2.22. The van der Waals surface area contributed by atoms with Crippen LogP contribution in [-0.2, 0) is 14.6 Å². The van der Waals surface area contributed by atoms with Crippen LogP contribution in [0, 0.1) is 19.8 Å². The second kappa shape index (κ2) is 7.17. The van der Waals surface area contributed by atoms with Gasteiger partial charge in [-0.1, -0.05) is 32.0 Å². The molecular formula is C17H23N3O3S. The van der Waals surface area contributed by atoms with Crippen molar-refractivity contribution in [3.05, 3.63) is 41.7 Å². The number of nitrogens with one attached hydrogen (secondary N) is 1. The van der Waals surface area contributed by atoms with Gasteiger partial charge < -0.3 is 5.32 Å². The fourth-order valence-electron chi connectivity index (χ4n) is 2.59. The molecule has 0 atom stereocenters. The summed E-state index contributed by atoms with van der Waals surface area (Å²) in [6, 6.07) is 9.55. The number of hydrogen-bond acceptors (Lipinski definition) is 4. The van der Waals surface area contributed by atoms with Gasteiger partial charge in [0, 0.05) is 0 Å². The van der Waals surface area contributed by atoms with Crippen LogP contribution in [0.25, 0.3) is 5.69 Å². The second-order valence-electron chi connectivity index (χ2n) is 6.29. The lowest BCUT2D eigenvalue weighted by atomic mass is 10.3. The molecule has 130 valence electrons. The molecule has 0 aliphatic carbocycles. The minimum atomic E-state index is -3.41. The summed E-state index contributed by atoms with van der Waals surface area (Å²) in [5, 5.41) is 7.13. The van der Waals surface area contributed by atoms with Crippen LogP contribution in [0.4, 0.5) is 5.69 Å². The number of carbonyl (C=O) groups excluding carboxylic acids is 1. The van der Waals surface area contributed by atoms with Crippen molar-refractivity contribution in [1.29, 1.82) is 0 Å². The molecule has 0 aliphatic rings. The normalized spacial score (nSPS) is 11.7. The number of rotatable bonds is 6. The number of aromatic nitrogens is 2. The minimum Gasteiger partial charge on any atom is -0.322 e. The van der Waals surface area contributed by atoms with Crippen LogP contribution in [0.3, 0.4) is 0 Å². The van der Waals surface area contributed by atoms with Crippen molar-refractivity contribution in [2.45, 2.75) is 27.7 Å². The summed E-state index contributed by atoms with van der Waals surface area (Å²) in [4.78, 5) is 12.1. The van der Waals surface area contributed by atoms with Crippen LogP contribution in [0.2, 0.25) is 0 Å². The van der Waals surface area contributed by atoms with Gasteiger partial charge in [0.2, 0.25) is 5.91 Å². The molecule has 1 aromatic carbocycles. The fraction of sp³-hybridized carbons (Fsp3) is 0.412. The molecule has 0 saturated carbocycles. The molecule has 0 bridgehead atoms. The van der Waals surface area contributed by atoms with Crippen molar-refractivity contribution in [2.24, 2.45) is 5.92 Å². The first-order chi connectivity index (χ1) is 11.2. The smallest absolute Gasteiger partial charge is 0.239 e. The number of benzene rings is 1. The van der Waals surface area contributed by atoms with Crippen molar-refractivity contribution >= 4 is 21.4 Å². The minimum absolute atomic E-state index is 0.00165. The third-order valence-corrected chi connectivity index (χ3v) is 5.37. The average Bonchev–Trinajstić information content (AvgIpc) is 2.74. The van der Waals surface area contributed by atoms with Crippen LogP contribution in [0.15, 0.2) is 30.3 Å². The number of amides is 1. The standard InChI is InChI=1S/C17H23N3O3S/c1-12(2)10-24(22,23)11-16(21)18-17-13(3)19-20(14(17)4)15-8-6-5-7-9-15/h5-9,12H,10-11H2,1-4H3,(H,18,21). The van der Waals surface area contributed by atoms with E-state index in [4.69, 9.17) is 0 Å². The Morgan fingerprint density at radius 2 is 1.83 bits per heavy atom. The van der Waals surface area contributed by atoms with Crippen molar-refractivity contribution in [1.82, 2.24) is 9.78 Å². The van der Waals surface area contributed by atoms with Crippen molar-refractivity contribution in [3.8, 4) is 5.69 Å². The quantitative estimate of drug-likeness (QED) is 0.869. The summed E-state index contributed by atoms with van der Waals surface area (Å²) >= 11 is 0. The van der Waals surface area contributed by atoms with E-state index in [9.17, 15) is 13.2 Å². The van der Waals surface area contributed by atoms with Crippen LogP contribution >= 0.6 is 0 Å². The Hall–Kier alpha value is -2.15. The second-order valence-corrected chi connectivity index (χ2v) is 8.40. The highest BCUT2D eigenvalue weighted by atomic mass is 32.2. The van der Waals surface area contributed by atoms with E-state index in [-0.39, 0.29) is 11.7 Å². The highest BCUT2D eigenvalue weighted by molar-refractivity contribution is 7.92. The van der Waals surface area contributed by atoms with E-state index in [1.807, 2.05) is 51.1 Å². The van der Waals surface area contributed by atoms with Gasteiger partial charge in [-0.3, -0.25) is 4.79 Å². The van der Waals surface area contributed by atoms with Gasteiger partial charge in [-0.25, -0.2) is 13.1 Å². The molecule has 6 nitrogen and oxygen atoms in total. The van der Waals surface area contributed by atoms with Crippen molar-refractivity contribution in [3.63, 3.8) is 0 Å². The largest absolute Gasteiger partial charge is 0.322 e. The summed E-state index contributed by atoms with van der Waals surface area (Å²) in [7, 11) is -3.41. The SMILES string of the molecule is Cc1nn(-c2ccccc2)c(C)c1NC(=O)CS(=O)(=O)CC(C)C. The van der Waals surface area contributed by atoms with Gasteiger partial charge >= 0.3 is 0 Å². The van der Waals surface area contributed by atoms with Gasteiger partial charge in [-0.05, 0) is 31.9 Å². The summed E-state index contributed by atoms with van der Waals surface area (Å²) in [6.07, 6.45) is 0. The Morgan fingerprint density at radius 1 is 1.21 bits per heavy atom. The lowest BCUT2D eigenvalue weighted by molar-refractivity contribution is -0.113. The van der Waals surface area contributed by atoms with Gasteiger partial charge in [0.25, 0.3) is 0 Å². The van der Waals surface area contributed by atoms with E-state index in [1.54, 1.807) is 11.6 Å². The predicted octanol–water partition coefficient (Wildman–Crippen LogP) is 2.50. The first kappa shape index (κ1) is 18.2. The molecule has 0 spiro atoms. The van der Waals surface area contributed by atoms with Crippen molar-refractivity contribution in [2.75, 3.05) is 16.8 Å². The highest BCUT2D eigenvalue weighted by Gasteiger charge is 2.21. The van der Waals surface area contributed by atoms with Crippen molar-refractivity contribution < 1.29 is 13.2 Å². The average molecular weight is 349 g/mol. The molecule has 0 radical (unpaired) electrons. The predicted molar refractivity (Wildman–Crippen MR) is 95.2 cm³/mol. The monoisotopic (exact) mass is 349 g/mol. The Morgan fingerprint density at radius 3 is 2.42 bits per heavy atom. The summed E-state index contributed by atoms with van der Waals surface area (Å²) < 4.78 is 25.6. The van der Waals surface area contributed by atoms with Gasteiger partial charge in [0.1, 0.15) is 5.75 Å². The topological polar surface area (TPSA) is 81.1 Å². The Bertz CT molecular complexity index is 824. The zero-order valence-electron chi connectivity index (χ0n) is 14.4. The number of aryl methyl sites for hydroxylation is 1. The number of anilines is 1. The third-order valence-electron chi connectivity index (χ3n) is 3.49. The lowest BCUT2D eigenvalue weighted by Crippen LogP contribution is -2.26. The first-order valence-corrected chi connectivity index (χ1v) is 9.63. The van der Waals surface area contributed by atoms with Crippen LogP contribution < -0.4 is 5.32 Å². The number of hydrogen-bond donors (Lipinski definition) is 1. The van der Waals surface area contributed by atoms with Crippen LogP contribution in [-0.4, -0.2) is 35.6 Å². The van der Waals surface area contributed by atoms with E-state index < -0.39 is 21.5 Å². The van der Waals surface area contributed by atoms with E-state index in [1.165, 1.54) is 0 Å². The third kappa shape index (κ3) is 4.44. The molecule has 0 aliphatic heterocycles. The van der Waals surface area contributed by atoms with Gasteiger partial charge in [0.15, 0.2) is 9.84 Å². The van der Waals surface area contributed by atoms with E-state index in [0.29, 0.717) is 11.4 Å². The number of nitrogens with zero attached hydrogens (tertiary/aromatic N) is 2. The van der Waals surface area contributed by atoms with E-state index >= 15 is 0 Å². The van der Waals surface area contributed by atoms with Gasteiger partial charge in [0.05, 0.1) is 28.5 Å². The molecule has 0 saturated heterocycles. The van der Waals surface area contributed by atoms with E-state index in [0.717, 1.165) is 11.4 Å². The maximum Gasteiger partial charge on any atom is 0.239 e. The molecule has 1 aromatic heterocycles. The maximum absolute atomic E-state index is 12.1. The van der Waals surface area contributed by atoms with Gasteiger partial charge in [-0.2, -0.15) is 5.10 Å². The summed E-state index contributed by atoms with van der Waals surface area (Å²) in [6.45, 7) is 7.25. The number of carbonyl (C=O) groups is 1.